The van der Waals surface area contributed by atoms with E-state index in [0.717, 1.165) is 4.31 Å². The van der Waals surface area contributed by atoms with Crippen LogP contribution in [0.1, 0.15) is 5.56 Å². The molecule has 0 heterocycles. The lowest BCUT2D eigenvalue weighted by atomic mass is 10.2. The van der Waals surface area contributed by atoms with Gasteiger partial charge >= 0.3 is 0 Å². The molecule has 9 heteroatoms. The molecule has 1 N–H and O–H groups in total. The van der Waals surface area contributed by atoms with Gasteiger partial charge in [0.05, 0.1) is 9.82 Å². The van der Waals surface area contributed by atoms with E-state index in [1.165, 1.54) is 38.4 Å². The number of sulfonamides is 1. The fraction of sp³-hybridized carbons (Fsp3) is 0.200. The van der Waals surface area contributed by atoms with Crippen molar-refractivity contribution < 1.29 is 13.3 Å². The molecule has 0 aliphatic heterocycles. The summed E-state index contributed by atoms with van der Waals surface area (Å²) in [6.45, 7) is 1.69. The predicted octanol–water partition coefficient (Wildman–Crippen LogP) is 3.55. The topological polar surface area (TPSA) is 92.5 Å². The maximum atomic E-state index is 12.3. The number of anilines is 2. The molecule has 0 saturated heterocycles. The van der Waals surface area contributed by atoms with Crippen LogP contribution in [0.3, 0.4) is 0 Å². The van der Waals surface area contributed by atoms with Crippen LogP contribution in [0, 0.1) is 17.0 Å². The Balaban J connectivity index is 2.48. The van der Waals surface area contributed by atoms with Crippen molar-refractivity contribution in [3.05, 3.63) is 57.1 Å². The molecule has 0 aromatic heterocycles. The van der Waals surface area contributed by atoms with Crippen molar-refractivity contribution in [3.63, 3.8) is 0 Å². The van der Waals surface area contributed by atoms with Crippen LogP contribution in [0.5, 0.6) is 0 Å². The quantitative estimate of drug-likeness (QED) is 0.642. The van der Waals surface area contributed by atoms with Gasteiger partial charge in [-0.15, -0.1) is 0 Å². The molecule has 2 rings (SSSR count). The first kappa shape index (κ1) is 18.2. The van der Waals surface area contributed by atoms with Crippen molar-refractivity contribution in [2.24, 2.45) is 0 Å². The van der Waals surface area contributed by atoms with Gasteiger partial charge in [-0.05, 0) is 36.8 Å². The number of nitro benzene ring substituents is 1. The Kier molecular flexibility index (Phi) is 5.12. The molecule has 2 aromatic carbocycles. The van der Waals surface area contributed by atoms with E-state index in [0.29, 0.717) is 11.3 Å². The molecule has 0 radical (unpaired) electrons. The number of nitrogens with zero attached hydrogens (tertiary/aromatic N) is 2. The average molecular weight is 370 g/mol. The van der Waals surface area contributed by atoms with Gasteiger partial charge < -0.3 is 5.32 Å². The van der Waals surface area contributed by atoms with Crippen molar-refractivity contribution in [2.75, 3.05) is 19.4 Å². The van der Waals surface area contributed by atoms with E-state index in [-0.39, 0.29) is 21.3 Å². The molecule has 2 aromatic rings. The SMILES string of the molecule is Cc1ccc(Nc2ccc(Cl)cc2[N+](=O)[O-])cc1S(=O)(=O)N(C)C. The molecule has 0 spiro atoms. The van der Waals surface area contributed by atoms with E-state index in [1.54, 1.807) is 19.1 Å². The second-order valence-electron chi connectivity index (χ2n) is 5.31. The van der Waals surface area contributed by atoms with Crippen LogP contribution in [-0.2, 0) is 10.0 Å². The number of hydrogen-bond donors (Lipinski definition) is 1. The van der Waals surface area contributed by atoms with E-state index >= 15 is 0 Å². The highest BCUT2D eigenvalue weighted by Crippen LogP contribution is 2.31. The maximum Gasteiger partial charge on any atom is 0.294 e. The first-order valence-corrected chi connectivity index (χ1v) is 8.69. The second-order valence-corrected chi connectivity index (χ2v) is 7.87. The van der Waals surface area contributed by atoms with E-state index in [4.69, 9.17) is 11.6 Å². The average Bonchev–Trinajstić information content (AvgIpc) is 2.50. The Morgan fingerprint density at radius 2 is 1.83 bits per heavy atom. The van der Waals surface area contributed by atoms with Crippen LogP contribution in [0.25, 0.3) is 0 Å². The number of halogens is 1. The van der Waals surface area contributed by atoms with Gasteiger partial charge in [-0.1, -0.05) is 17.7 Å². The standard InChI is InChI=1S/C15H16ClN3O4S/c1-10-4-6-12(9-15(10)24(22,23)18(2)3)17-13-7-5-11(16)8-14(13)19(20)21/h4-9,17H,1-3H3. The van der Waals surface area contributed by atoms with Crippen LogP contribution >= 0.6 is 11.6 Å². The highest BCUT2D eigenvalue weighted by molar-refractivity contribution is 7.89. The van der Waals surface area contributed by atoms with Crippen LogP contribution < -0.4 is 5.32 Å². The summed E-state index contributed by atoms with van der Waals surface area (Å²) in [6.07, 6.45) is 0. The summed E-state index contributed by atoms with van der Waals surface area (Å²) in [5.74, 6) is 0. The Labute approximate surface area is 145 Å². The lowest BCUT2D eigenvalue weighted by Gasteiger charge is -2.15. The van der Waals surface area contributed by atoms with E-state index in [2.05, 4.69) is 5.32 Å². The second kappa shape index (κ2) is 6.76. The van der Waals surface area contributed by atoms with Crippen molar-refractivity contribution in [1.29, 1.82) is 0 Å². The third kappa shape index (κ3) is 3.66. The van der Waals surface area contributed by atoms with E-state index in [9.17, 15) is 18.5 Å². The number of nitrogens with one attached hydrogen (secondary N) is 1. The molecule has 0 aliphatic rings. The number of rotatable bonds is 5. The van der Waals surface area contributed by atoms with Gasteiger partial charge in [-0.3, -0.25) is 10.1 Å². The molecule has 0 atom stereocenters. The maximum absolute atomic E-state index is 12.3. The number of aryl methyl sites for hydroxylation is 1. The summed E-state index contributed by atoms with van der Waals surface area (Å²) < 4.78 is 25.8. The zero-order valence-electron chi connectivity index (χ0n) is 13.3. The number of benzene rings is 2. The van der Waals surface area contributed by atoms with E-state index in [1.807, 2.05) is 0 Å². The Morgan fingerprint density at radius 3 is 2.42 bits per heavy atom. The monoisotopic (exact) mass is 369 g/mol. The van der Waals surface area contributed by atoms with Crippen LogP contribution in [0.2, 0.25) is 5.02 Å². The highest BCUT2D eigenvalue weighted by atomic mass is 35.5. The third-order valence-corrected chi connectivity index (χ3v) is 5.57. The molecule has 128 valence electrons. The van der Waals surface area contributed by atoms with Gasteiger partial charge in [0, 0.05) is 30.9 Å². The van der Waals surface area contributed by atoms with Crippen LogP contribution in [0.15, 0.2) is 41.3 Å². The van der Waals surface area contributed by atoms with Crippen LogP contribution in [0.4, 0.5) is 17.1 Å². The lowest BCUT2D eigenvalue weighted by molar-refractivity contribution is -0.383. The van der Waals surface area contributed by atoms with Gasteiger partial charge in [-0.25, -0.2) is 12.7 Å². The predicted molar refractivity (Wildman–Crippen MR) is 93.4 cm³/mol. The molecule has 0 unspecified atom stereocenters. The normalized spacial score (nSPS) is 11.5. The minimum absolute atomic E-state index is 0.133. The summed E-state index contributed by atoms with van der Waals surface area (Å²) >= 11 is 5.79. The van der Waals surface area contributed by atoms with Crippen molar-refractivity contribution in [2.45, 2.75) is 11.8 Å². The minimum Gasteiger partial charge on any atom is -0.350 e. The molecular formula is C15H16ClN3O4S. The molecule has 0 aliphatic carbocycles. The lowest BCUT2D eigenvalue weighted by Crippen LogP contribution is -2.23. The number of nitro groups is 1. The molecule has 0 saturated carbocycles. The molecule has 0 amide bonds. The molecular weight excluding hydrogens is 354 g/mol. The largest absolute Gasteiger partial charge is 0.350 e. The summed E-state index contributed by atoms with van der Waals surface area (Å²) in [7, 11) is -0.730. The Bertz CT molecular complexity index is 898. The van der Waals surface area contributed by atoms with E-state index < -0.39 is 14.9 Å². The molecule has 0 bridgehead atoms. The Hall–Kier alpha value is -2.16. The van der Waals surface area contributed by atoms with Gasteiger partial charge in [0.2, 0.25) is 10.0 Å². The summed E-state index contributed by atoms with van der Waals surface area (Å²) in [4.78, 5) is 10.7. The zero-order valence-corrected chi connectivity index (χ0v) is 14.9. The fourth-order valence-electron chi connectivity index (χ4n) is 2.07. The van der Waals surface area contributed by atoms with Gasteiger partial charge in [0.1, 0.15) is 5.69 Å². The zero-order chi connectivity index (χ0) is 18.1. The fourth-order valence-corrected chi connectivity index (χ4v) is 3.38. The van der Waals surface area contributed by atoms with Crippen molar-refractivity contribution in [3.8, 4) is 0 Å². The number of hydrogen-bond acceptors (Lipinski definition) is 5. The smallest absolute Gasteiger partial charge is 0.294 e. The molecule has 7 nitrogen and oxygen atoms in total. The summed E-state index contributed by atoms with van der Waals surface area (Å²) in [5.41, 5.74) is 1.04. The molecule has 24 heavy (non-hydrogen) atoms. The summed E-state index contributed by atoms with van der Waals surface area (Å²) in [5, 5.41) is 14.3. The third-order valence-electron chi connectivity index (χ3n) is 3.38. The highest BCUT2D eigenvalue weighted by Gasteiger charge is 2.21. The molecule has 0 fully saturated rings. The first-order valence-electron chi connectivity index (χ1n) is 6.87. The minimum atomic E-state index is -3.62. The van der Waals surface area contributed by atoms with Gasteiger partial charge in [0.15, 0.2) is 0 Å². The first-order chi connectivity index (χ1) is 11.1. The Morgan fingerprint density at radius 1 is 1.17 bits per heavy atom. The van der Waals surface area contributed by atoms with Crippen molar-refractivity contribution in [1.82, 2.24) is 4.31 Å². The van der Waals surface area contributed by atoms with Gasteiger partial charge in [0.25, 0.3) is 5.69 Å². The van der Waals surface area contributed by atoms with Gasteiger partial charge in [-0.2, -0.15) is 0 Å². The summed E-state index contributed by atoms with van der Waals surface area (Å²) in [6, 6.07) is 8.96. The van der Waals surface area contributed by atoms with Crippen LogP contribution in [-0.4, -0.2) is 31.7 Å². The van der Waals surface area contributed by atoms with Crippen molar-refractivity contribution >= 4 is 38.7 Å².